The Balaban J connectivity index is 2.06. The highest BCUT2D eigenvalue weighted by Crippen LogP contribution is 2.39. The molecule has 0 aliphatic carbocycles. The Labute approximate surface area is 189 Å². The van der Waals surface area contributed by atoms with Crippen LogP contribution in [0.15, 0.2) is 36.4 Å². The van der Waals surface area contributed by atoms with Crippen LogP contribution in [-0.4, -0.2) is 38.3 Å². The Kier molecular flexibility index (Phi) is 9.38. The fourth-order valence-corrected chi connectivity index (χ4v) is 2.92. The van der Waals surface area contributed by atoms with Crippen LogP contribution in [0.25, 0.3) is 0 Å². The number of rotatable bonds is 11. The number of hydrogen-bond acceptors (Lipinski definition) is 6. The molecule has 0 fully saturated rings. The maximum Gasteiger partial charge on any atom is 0.416 e. The molecule has 0 aliphatic heterocycles. The zero-order chi connectivity index (χ0) is 24.4. The minimum absolute atomic E-state index is 0.0700. The highest BCUT2D eigenvalue weighted by atomic mass is 19.4. The number of amides is 1. The molecule has 1 N–H and O–H groups in total. The number of nitrogens with one attached hydrogen (secondary N) is 1. The summed E-state index contributed by atoms with van der Waals surface area (Å²) in [5, 5.41) is 2.32. The largest absolute Gasteiger partial charge is 0.490 e. The van der Waals surface area contributed by atoms with Gasteiger partial charge in [0.2, 0.25) is 5.75 Å². The van der Waals surface area contributed by atoms with Crippen molar-refractivity contribution in [3.8, 4) is 17.2 Å². The Morgan fingerprint density at radius 3 is 2.03 bits per heavy atom. The average Bonchev–Trinajstić information content (AvgIpc) is 2.77. The number of halogens is 3. The fourth-order valence-electron chi connectivity index (χ4n) is 2.92. The SMILES string of the molecule is CCOc1cc(C(=O)OCC(=O)NCc2ccccc2C(F)(F)F)cc(OCC)c1OCC. The van der Waals surface area contributed by atoms with Crippen LogP contribution in [0.4, 0.5) is 13.2 Å². The summed E-state index contributed by atoms with van der Waals surface area (Å²) >= 11 is 0. The lowest BCUT2D eigenvalue weighted by Crippen LogP contribution is -2.29. The monoisotopic (exact) mass is 469 g/mol. The van der Waals surface area contributed by atoms with Gasteiger partial charge in [0.25, 0.3) is 5.91 Å². The van der Waals surface area contributed by atoms with Crippen molar-refractivity contribution in [1.82, 2.24) is 5.32 Å². The molecular formula is C23H26F3NO6. The van der Waals surface area contributed by atoms with E-state index >= 15 is 0 Å². The van der Waals surface area contributed by atoms with Gasteiger partial charge in [-0.2, -0.15) is 13.2 Å². The van der Waals surface area contributed by atoms with Gasteiger partial charge in [-0.05, 0) is 44.5 Å². The van der Waals surface area contributed by atoms with E-state index in [1.807, 2.05) is 0 Å². The molecule has 0 aromatic heterocycles. The summed E-state index contributed by atoms with van der Waals surface area (Å²) < 4.78 is 60.8. The molecule has 7 nitrogen and oxygen atoms in total. The maximum absolute atomic E-state index is 13.1. The van der Waals surface area contributed by atoms with Crippen LogP contribution in [0.1, 0.15) is 42.3 Å². The van der Waals surface area contributed by atoms with Gasteiger partial charge in [0, 0.05) is 6.54 Å². The standard InChI is InChI=1S/C23H26F3NO6/c1-4-30-18-11-16(12-19(31-5-2)21(18)32-6-3)22(29)33-14-20(28)27-13-15-9-7-8-10-17(15)23(24,25)26/h7-12H,4-6,13-14H2,1-3H3,(H,27,28). The first kappa shape index (κ1) is 25.8. The smallest absolute Gasteiger partial charge is 0.416 e. The highest BCUT2D eigenvalue weighted by Gasteiger charge is 2.32. The highest BCUT2D eigenvalue weighted by molar-refractivity contribution is 5.92. The quantitative estimate of drug-likeness (QED) is 0.492. The summed E-state index contributed by atoms with van der Waals surface area (Å²) in [5.41, 5.74) is -0.872. The topological polar surface area (TPSA) is 83.1 Å². The molecule has 180 valence electrons. The number of carbonyl (C=O) groups is 2. The molecular weight excluding hydrogens is 443 g/mol. The second-order valence-corrected chi connectivity index (χ2v) is 6.61. The third-order valence-corrected chi connectivity index (χ3v) is 4.28. The lowest BCUT2D eigenvalue weighted by molar-refractivity contribution is -0.138. The number of carbonyl (C=O) groups excluding carboxylic acids is 2. The Morgan fingerprint density at radius 1 is 0.909 bits per heavy atom. The summed E-state index contributed by atoms with van der Waals surface area (Å²) in [7, 11) is 0. The first-order valence-corrected chi connectivity index (χ1v) is 10.4. The zero-order valence-electron chi connectivity index (χ0n) is 18.6. The van der Waals surface area contributed by atoms with Crippen LogP contribution < -0.4 is 19.5 Å². The lowest BCUT2D eigenvalue weighted by Gasteiger charge is -2.17. The molecule has 10 heteroatoms. The van der Waals surface area contributed by atoms with Crippen molar-refractivity contribution in [2.75, 3.05) is 26.4 Å². The Morgan fingerprint density at radius 2 is 1.48 bits per heavy atom. The maximum atomic E-state index is 13.1. The number of benzene rings is 2. The molecule has 0 atom stereocenters. The fraction of sp³-hybridized carbons (Fsp3) is 0.391. The van der Waals surface area contributed by atoms with Crippen LogP contribution in [0.3, 0.4) is 0 Å². The van der Waals surface area contributed by atoms with Crippen LogP contribution in [-0.2, 0) is 22.3 Å². The minimum atomic E-state index is -4.54. The van der Waals surface area contributed by atoms with Crippen LogP contribution >= 0.6 is 0 Å². The molecule has 2 rings (SSSR count). The first-order chi connectivity index (χ1) is 15.7. The molecule has 1 amide bonds. The molecule has 33 heavy (non-hydrogen) atoms. The van der Waals surface area contributed by atoms with E-state index in [2.05, 4.69) is 5.32 Å². The lowest BCUT2D eigenvalue weighted by atomic mass is 10.1. The van der Waals surface area contributed by atoms with Crippen molar-refractivity contribution < 1.29 is 41.7 Å². The molecule has 0 saturated carbocycles. The van der Waals surface area contributed by atoms with Gasteiger partial charge in [-0.3, -0.25) is 4.79 Å². The van der Waals surface area contributed by atoms with Gasteiger partial charge in [-0.1, -0.05) is 18.2 Å². The molecule has 0 aliphatic rings. The predicted molar refractivity (Wildman–Crippen MR) is 114 cm³/mol. The van der Waals surface area contributed by atoms with Crippen molar-refractivity contribution in [3.63, 3.8) is 0 Å². The van der Waals surface area contributed by atoms with E-state index in [-0.39, 0.29) is 29.2 Å². The third kappa shape index (κ3) is 7.30. The second kappa shape index (κ2) is 12.0. The normalized spacial score (nSPS) is 11.0. The van der Waals surface area contributed by atoms with E-state index in [0.717, 1.165) is 6.07 Å². The number of esters is 1. The molecule has 0 heterocycles. The van der Waals surface area contributed by atoms with Crippen LogP contribution in [0.2, 0.25) is 0 Å². The molecule has 0 spiro atoms. The van der Waals surface area contributed by atoms with Crippen molar-refractivity contribution in [2.24, 2.45) is 0 Å². The Bertz CT molecular complexity index is 934. The van der Waals surface area contributed by atoms with Crippen molar-refractivity contribution in [2.45, 2.75) is 33.5 Å². The summed E-state index contributed by atoms with van der Waals surface area (Å²) in [6.07, 6.45) is -4.54. The van der Waals surface area contributed by atoms with Crippen LogP contribution in [0, 0.1) is 0 Å². The third-order valence-electron chi connectivity index (χ3n) is 4.28. The van der Waals surface area contributed by atoms with E-state index in [4.69, 9.17) is 18.9 Å². The van der Waals surface area contributed by atoms with Crippen molar-refractivity contribution in [3.05, 3.63) is 53.1 Å². The predicted octanol–water partition coefficient (Wildman–Crippen LogP) is 4.37. The Hall–Kier alpha value is -3.43. The minimum Gasteiger partial charge on any atom is -0.490 e. The van der Waals surface area contributed by atoms with Gasteiger partial charge >= 0.3 is 12.1 Å². The summed E-state index contributed by atoms with van der Waals surface area (Å²) in [6, 6.07) is 7.72. The van der Waals surface area contributed by atoms with Gasteiger partial charge in [0.15, 0.2) is 18.1 Å². The summed E-state index contributed by atoms with van der Waals surface area (Å²) in [6.45, 7) is 5.26. The molecule has 2 aromatic carbocycles. The van der Waals surface area contributed by atoms with Crippen LogP contribution in [0.5, 0.6) is 17.2 Å². The van der Waals surface area contributed by atoms with Crippen molar-refractivity contribution in [1.29, 1.82) is 0 Å². The van der Waals surface area contributed by atoms with Gasteiger partial charge in [-0.15, -0.1) is 0 Å². The molecule has 0 radical (unpaired) electrons. The van der Waals surface area contributed by atoms with E-state index in [1.165, 1.54) is 30.3 Å². The summed E-state index contributed by atoms with van der Waals surface area (Å²) in [4.78, 5) is 24.5. The summed E-state index contributed by atoms with van der Waals surface area (Å²) in [5.74, 6) is -0.665. The number of alkyl halides is 3. The van der Waals surface area contributed by atoms with Gasteiger partial charge < -0.3 is 24.3 Å². The first-order valence-electron chi connectivity index (χ1n) is 10.4. The zero-order valence-corrected chi connectivity index (χ0v) is 18.6. The van der Waals surface area contributed by atoms with E-state index in [1.54, 1.807) is 20.8 Å². The average molecular weight is 469 g/mol. The van der Waals surface area contributed by atoms with Gasteiger partial charge in [0.1, 0.15) is 0 Å². The second-order valence-electron chi connectivity index (χ2n) is 6.61. The molecule has 0 bridgehead atoms. The number of ether oxygens (including phenoxy) is 4. The van der Waals surface area contributed by atoms with E-state index in [9.17, 15) is 22.8 Å². The number of hydrogen-bond donors (Lipinski definition) is 1. The van der Waals surface area contributed by atoms with E-state index in [0.29, 0.717) is 25.6 Å². The van der Waals surface area contributed by atoms with Gasteiger partial charge in [0.05, 0.1) is 30.9 Å². The molecule has 0 saturated heterocycles. The van der Waals surface area contributed by atoms with E-state index < -0.39 is 30.2 Å². The van der Waals surface area contributed by atoms with Gasteiger partial charge in [-0.25, -0.2) is 4.79 Å². The van der Waals surface area contributed by atoms with Crippen molar-refractivity contribution >= 4 is 11.9 Å². The molecule has 0 unspecified atom stereocenters. The molecule has 2 aromatic rings.